The van der Waals surface area contributed by atoms with Crippen molar-refractivity contribution in [1.29, 1.82) is 0 Å². The van der Waals surface area contributed by atoms with Crippen molar-refractivity contribution in [2.24, 2.45) is 0 Å². The molecule has 0 saturated carbocycles. The number of carboxylic acids is 1. The van der Waals surface area contributed by atoms with Crippen molar-refractivity contribution in [3.8, 4) is 0 Å². The van der Waals surface area contributed by atoms with Crippen LogP contribution >= 0.6 is 0 Å². The Morgan fingerprint density at radius 1 is 0.903 bits per heavy atom. The third-order valence-electron chi connectivity index (χ3n) is 5.30. The zero-order valence-corrected chi connectivity index (χ0v) is 17.2. The summed E-state index contributed by atoms with van der Waals surface area (Å²) >= 11 is 0. The van der Waals surface area contributed by atoms with E-state index in [1.54, 1.807) is 54.6 Å². The summed E-state index contributed by atoms with van der Waals surface area (Å²) in [5.74, 6) is -1.23. The molecule has 2 atom stereocenters. The molecule has 0 aliphatic rings. The molecule has 3 rings (SSSR count). The van der Waals surface area contributed by atoms with Gasteiger partial charge in [-0.25, -0.2) is 9.59 Å². The zero-order valence-electron chi connectivity index (χ0n) is 17.2. The maximum Gasteiger partial charge on any atom is 0.411 e. The Hall–Kier alpha value is -3.64. The molecule has 31 heavy (non-hydrogen) atoms. The highest BCUT2D eigenvalue weighted by molar-refractivity contribution is 5.86. The van der Waals surface area contributed by atoms with E-state index in [-0.39, 0.29) is 6.61 Å². The van der Waals surface area contributed by atoms with Gasteiger partial charge >= 0.3 is 12.1 Å². The van der Waals surface area contributed by atoms with Crippen molar-refractivity contribution >= 4 is 12.1 Å². The number of rotatable bonds is 8. The summed E-state index contributed by atoms with van der Waals surface area (Å²) < 4.78 is 5.52. The van der Waals surface area contributed by atoms with Gasteiger partial charge in [0, 0.05) is 0 Å². The van der Waals surface area contributed by atoms with Gasteiger partial charge in [0.25, 0.3) is 0 Å². The number of nitrogens with zero attached hydrogens (tertiary/aromatic N) is 1. The highest BCUT2D eigenvalue weighted by Gasteiger charge is 2.48. The molecule has 0 aliphatic carbocycles. The average molecular weight is 419 g/mol. The zero-order chi connectivity index (χ0) is 22.3. The van der Waals surface area contributed by atoms with Crippen molar-refractivity contribution in [3.63, 3.8) is 0 Å². The fraction of sp³-hybridized carbons (Fsp3) is 0.200. The van der Waals surface area contributed by atoms with Crippen LogP contribution in [0.2, 0.25) is 0 Å². The fourth-order valence-electron chi connectivity index (χ4n) is 3.55. The third kappa shape index (κ3) is 4.75. The summed E-state index contributed by atoms with van der Waals surface area (Å²) in [6.07, 6.45) is -0.833. The topological polar surface area (TPSA) is 87.1 Å². The molecule has 2 N–H and O–H groups in total. The molecule has 3 aromatic rings. The smallest absolute Gasteiger partial charge is 0.411 e. The number of carbonyl (C=O) groups excluding carboxylic acids is 1. The molecule has 6 nitrogen and oxygen atoms in total. The van der Waals surface area contributed by atoms with Crippen molar-refractivity contribution in [2.45, 2.75) is 25.1 Å². The second-order valence-electron chi connectivity index (χ2n) is 7.26. The summed E-state index contributed by atoms with van der Waals surface area (Å²) in [6, 6.07) is 25.5. The minimum absolute atomic E-state index is 0.0202. The number of aliphatic hydroxyl groups excluding tert-OH is 1. The van der Waals surface area contributed by atoms with Crippen molar-refractivity contribution in [2.75, 3.05) is 6.61 Å². The van der Waals surface area contributed by atoms with E-state index in [2.05, 4.69) is 0 Å². The van der Waals surface area contributed by atoms with Crippen LogP contribution in [-0.4, -0.2) is 33.8 Å². The maximum atomic E-state index is 13.3. The van der Waals surface area contributed by atoms with Gasteiger partial charge in [0.1, 0.15) is 6.61 Å². The molecule has 0 aliphatic heterocycles. The van der Waals surface area contributed by atoms with E-state index in [4.69, 9.17) is 4.74 Å². The first-order valence-corrected chi connectivity index (χ1v) is 9.93. The van der Waals surface area contributed by atoms with Gasteiger partial charge in [-0.05, 0) is 23.6 Å². The van der Waals surface area contributed by atoms with Crippen LogP contribution < -0.4 is 0 Å². The Morgan fingerprint density at radius 2 is 1.42 bits per heavy atom. The van der Waals surface area contributed by atoms with E-state index in [0.717, 1.165) is 10.5 Å². The summed E-state index contributed by atoms with van der Waals surface area (Å²) in [4.78, 5) is 27.0. The number of hydrogen-bond acceptors (Lipinski definition) is 4. The van der Waals surface area contributed by atoms with Gasteiger partial charge in [-0.1, -0.05) is 91.0 Å². The Morgan fingerprint density at radius 3 is 1.94 bits per heavy atom. The molecular formula is C25H25NO5. The van der Waals surface area contributed by atoms with Crippen LogP contribution in [0.1, 0.15) is 29.7 Å². The predicted octanol–water partition coefficient (Wildman–Crippen LogP) is 4.36. The molecule has 0 unspecified atom stereocenters. The van der Waals surface area contributed by atoms with E-state index < -0.39 is 30.3 Å². The van der Waals surface area contributed by atoms with E-state index in [1.165, 1.54) is 6.92 Å². The maximum absolute atomic E-state index is 13.3. The Kier molecular flexibility index (Phi) is 7.05. The van der Waals surface area contributed by atoms with Gasteiger partial charge in [0.15, 0.2) is 5.54 Å². The molecule has 0 aromatic heterocycles. The number of aliphatic hydroxyl groups is 1. The Labute approximate surface area is 181 Å². The minimum atomic E-state index is -1.78. The summed E-state index contributed by atoms with van der Waals surface area (Å²) in [5, 5.41) is 20.5. The van der Waals surface area contributed by atoms with E-state index >= 15 is 0 Å². The molecule has 160 valence electrons. The van der Waals surface area contributed by atoms with E-state index in [9.17, 15) is 19.8 Å². The van der Waals surface area contributed by atoms with Gasteiger partial charge in [-0.3, -0.25) is 4.90 Å². The largest absolute Gasteiger partial charge is 0.479 e. The molecule has 1 amide bonds. The second-order valence-corrected chi connectivity index (χ2v) is 7.26. The first-order valence-electron chi connectivity index (χ1n) is 9.93. The number of carboxylic acid groups (broad SMARTS) is 1. The number of ether oxygens (including phenoxy) is 1. The highest BCUT2D eigenvalue weighted by atomic mass is 16.6. The number of aliphatic carboxylic acids is 1. The van der Waals surface area contributed by atoms with Crippen LogP contribution in [0, 0.1) is 0 Å². The van der Waals surface area contributed by atoms with Crippen molar-refractivity contribution in [1.82, 2.24) is 4.90 Å². The Bertz CT molecular complexity index is 994. The first-order chi connectivity index (χ1) is 15.0. The van der Waals surface area contributed by atoms with Crippen LogP contribution in [0.3, 0.4) is 0 Å². The number of benzene rings is 3. The lowest BCUT2D eigenvalue weighted by Gasteiger charge is -2.42. The lowest BCUT2D eigenvalue weighted by atomic mass is 9.87. The summed E-state index contributed by atoms with van der Waals surface area (Å²) in [7, 11) is 0. The molecule has 0 bridgehead atoms. The van der Waals surface area contributed by atoms with Crippen molar-refractivity contribution in [3.05, 3.63) is 108 Å². The van der Waals surface area contributed by atoms with Crippen LogP contribution in [0.4, 0.5) is 4.79 Å². The SMILES string of the molecule is C[C@@](C(=O)O)(c1ccccc1)N(C(=O)OCc1ccccc1)[C@@H](CO)c1ccccc1. The third-order valence-corrected chi connectivity index (χ3v) is 5.30. The van der Waals surface area contributed by atoms with E-state index in [1.807, 2.05) is 36.4 Å². The quantitative estimate of drug-likeness (QED) is 0.567. The average Bonchev–Trinajstić information content (AvgIpc) is 2.82. The Balaban J connectivity index is 2.06. The predicted molar refractivity (Wildman–Crippen MR) is 116 cm³/mol. The van der Waals surface area contributed by atoms with Gasteiger partial charge in [0.05, 0.1) is 12.6 Å². The molecule has 0 saturated heterocycles. The van der Waals surface area contributed by atoms with Crippen LogP contribution in [0.5, 0.6) is 0 Å². The normalized spacial score (nSPS) is 13.6. The summed E-state index contributed by atoms with van der Waals surface area (Å²) in [5.41, 5.74) is -0.00967. The van der Waals surface area contributed by atoms with Gasteiger partial charge in [-0.2, -0.15) is 0 Å². The fourth-order valence-corrected chi connectivity index (χ4v) is 3.55. The van der Waals surface area contributed by atoms with Gasteiger partial charge in [0.2, 0.25) is 0 Å². The van der Waals surface area contributed by atoms with Crippen LogP contribution in [-0.2, 0) is 21.7 Å². The second kappa shape index (κ2) is 9.91. The molecular weight excluding hydrogens is 394 g/mol. The lowest BCUT2D eigenvalue weighted by molar-refractivity contribution is -0.152. The number of hydrogen-bond donors (Lipinski definition) is 2. The number of amides is 1. The van der Waals surface area contributed by atoms with Crippen LogP contribution in [0.15, 0.2) is 91.0 Å². The molecule has 3 aromatic carbocycles. The monoisotopic (exact) mass is 419 g/mol. The van der Waals surface area contributed by atoms with E-state index in [0.29, 0.717) is 11.1 Å². The minimum Gasteiger partial charge on any atom is -0.479 e. The first kappa shape index (κ1) is 22.1. The molecule has 0 spiro atoms. The van der Waals surface area contributed by atoms with Gasteiger partial charge < -0.3 is 14.9 Å². The van der Waals surface area contributed by atoms with Gasteiger partial charge in [-0.15, -0.1) is 0 Å². The molecule has 6 heteroatoms. The highest BCUT2D eigenvalue weighted by Crippen LogP contribution is 2.37. The van der Waals surface area contributed by atoms with Crippen LogP contribution in [0.25, 0.3) is 0 Å². The lowest BCUT2D eigenvalue weighted by Crippen LogP contribution is -2.55. The molecule has 0 heterocycles. The van der Waals surface area contributed by atoms with Crippen molar-refractivity contribution < 1.29 is 24.5 Å². The molecule has 0 fully saturated rings. The summed E-state index contributed by atoms with van der Waals surface area (Å²) in [6.45, 7) is 0.952. The molecule has 0 radical (unpaired) electrons. The standard InChI is InChI=1S/C25H25NO5/c1-25(23(28)29,21-15-9-4-10-16-21)26(22(17-27)20-13-7-3-8-14-20)24(30)31-18-19-11-5-2-6-12-19/h2-16,22,27H,17-18H2,1H3,(H,28,29)/t22-,25-/m0/s1. The number of carbonyl (C=O) groups is 2.